The van der Waals surface area contributed by atoms with Crippen molar-refractivity contribution in [3.63, 3.8) is 0 Å². The highest BCUT2D eigenvalue weighted by atomic mass is 19.3. The molecule has 3 heterocycles. The lowest BCUT2D eigenvalue weighted by molar-refractivity contribution is -0.116. The third-order valence-corrected chi connectivity index (χ3v) is 5.49. The molecule has 5 aromatic rings. The van der Waals surface area contributed by atoms with Gasteiger partial charge in [0.2, 0.25) is 5.91 Å². The van der Waals surface area contributed by atoms with Crippen LogP contribution in [0.25, 0.3) is 33.6 Å². The smallest absolute Gasteiger partial charge is 0.264 e. The summed E-state index contributed by atoms with van der Waals surface area (Å²) in [5, 5.41) is 7.39. The lowest BCUT2D eigenvalue weighted by atomic mass is 10.1. The Labute approximate surface area is 193 Å². The molecule has 170 valence electrons. The average Bonchev–Trinajstić information content (AvgIpc) is 3.48. The summed E-state index contributed by atoms with van der Waals surface area (Å²) >= 11 is 0. The maximum atomic E-state index is 13.8. The molecule has 0 saturated heterocycles. The Morgan fingerprint density at radius 3 is 2.44 bits per heavy atom. The number of aromatic nitrogens is 3. The van der Waals surface area contributed by atoms with E-state index in [2.05, 4.69) is 15.4 Å². The van der Waals surface area contributed by atoms with E-state index in [1.807, 2.05) is 54.6 Å². The fourth-order valence-electron chi connectivity index (χ4n) is 3.93. The van der Waals surface area contributed by atoms with Crippen molar-refractivity contribution in [1.82, 2.24) is 14.8 Å². The summed E-state index contributed by atoms with van der Waals surface area (Å²) < 4.78 is 34.4. The number of furan rings is 1. The third-order valence-electron chi connectivity index (χ3n) is 5.49. The molecule has 0 saturated carbocycles. The van der Waals surface area contributed by atoms with E-state index in [4.69, 9.17) is 4.42 Å². The number of fused-ring (bicyclic) bond motifs is 1. The number of benzene rings is 2. The SMILES string of the molecule is Cc1nn(CC(=O)Nc2ccc(-c3ccccc3)cc2)c2nc(-c3ccco3)cc(C(F)F)c12. The molecule has 1 N–H and O–H groups in total. The van der Waals surface area contributed by atoms with Crippen molar-refractivity contribution in [3.05, 3.63) is 90.3 Å². The molecule has 1 amide bonds. The number of amides is 1. The van der Waals surface area contributed by atoms with Crippen molar-refractivity contribution in [2.45, 2.75) is 19.9 Å². The number of alkyl halides is 2. The van der Waals surface area contributed by atoms with Crippen LogP contribution in [0.5, 0.6) is 0 Å². The molecule has 5 rings (SSSR count). The maximum Gasteiger partial charge on any atom is 0.264 e. The summed E-state index contributed by atoms with van der Waals surface area (Å²) in [4.78, 5) is 17.2. The first-order valence-electron chi connectivity index (χ1n) is 10.6. The van der Waals surface area contributed by atoms with Gasteiger partial charge in [-0.3, -0.25) is 4.79 Å². The van der Waals surface area contributed by atoms with Gasteiger partial charge in [0.25, 0.3) is 6.43 Å². The predicted molar refractivity (Wildman–Crippen MR) is 125 cm³/mol. The fraction of sp³-hybridized carbons (Fsp3) is 0.115. The Morgan fingerprint density at radius 2 is 1.76 bits per heavy atom. The minimum atomic E-state index is -2.73. The van der Waals surface area contributed by atoms with Crippen molar-refractivity contribution < 1.29 is 18.0 Å². The third kappa shape index (κ3) is 4.17. The lowest BCUT2D eigenvalue weighted by Crippen LogP contribution is -2.19. The van der Waals surface area contributed by atoms with Gasteiger partial charge in [-0.05, 0) is 48.4 Å². The van der Waals surface area contributed by atoms with Gasteiger partial charge in [0.1, 0.15) is 12.2 Å². The molecule has 0 aliphatic rings. The van der Waals surface area contributed by atoms with E-state index in [9.17, 15) is 13.6 Å². The van der Waals surface area contributed by atoms with Crippen LogP contribution in [0.15, 0.2) is 83.5 Å². The first kappa shape index (κ1) is 21.5. The van der Waals surface area contributed by atoms with Crippen LogP contribution in [0.3, 0.4) is 0 Å². The molecular weight excluding hydrogens is 438 g/mol. The zero-order valence-corrected chi connectivity index (χ0v) is 18.2. The number of anilines is 1. The molecule has 8 heteroatoms. The molecule has 0 spiro atoms. The standard InChI is InChI=1S/C26H20F2N4O2/c1-16-24-20(25(27)28)14-21(22-8-5-13-34-22)30-26(24)32(31-16)15-23(33)29-19-11-9-18(10-12-19)17-6-3-2-4-7-17/h2-14,25H,15H2,1H3,(H,29,33). The number of halogens is 2. The normalized spacial score (nSPS) is 11.3. The number of hydrogen-bond acceptors (Lipinski definition) is 4. The van der Waals surface area contributed by atoms with Crippen LogP contribution >= 0.6 is 0 Å². The Balaban J connectivity index is 1.41. The molecule has 6 nitrogen and oxygen atoms in total. The molecule has 0 fully saturated rings. The van der Waals surface area contributed by atoms with Gasteiger partial charge in [-0.2, -0.15) is 5.10 Å². The van der Waals surface area contributed by atoms with Crippen molar-refractivity contribution in [3.8, 4) is 22.6 Å². The van der Waals surface area contributed by atoms with Crippen molar-refractivity contribution in [1.29, 1.82) is 0 Å². The van der Waals surface area contributed by atoms with Gasteiger partial charge in [0, 0.05) is 11.3 Å². The largest absolute Gasteiger partial charge is 0.463 e. The summed E-state index contributed by atoms with van der Waals surface area (Å²) in [6, 6.07) is 22.0. The van der Waals surface area contributed by atoms with Crippen LogP contribution < -0.4 is 5.32 Å². The number of rotatable bonds is 6. The minimum absolute atomic E-state index is 0.179. The van der Waals surface area contributed by atoms with E-state index < -0.39 is 6.43 Å². The topological polar surface area (TPSA) is 73.0 Å². The number of aryl methyl sites for hydroxylation is 1. The molecule has 0 radical (unpaired) electrons. The summed E-state index contributed by atoms with van der Waals surface area (Å²) in [5.74, 6) is 0.0119. The quantitative estimate of drug-likeness (QED) is 0.327. The number of carbonyl (C=O) groups is 1. The Bertz CT molecular complexity index is 1440. The molecule has 0 unspecified atom stereocenters. The van der Waals surface area contributed by atoms with Crippen LogP contribution in [-0.4, -0.2) is 20.7 Å². The van der Waals surface area contributed by atoms with Crippen molar-refractivity contribution >= 4 is 22.6 Å². The van der Waals surface area contributed by atoms with Crippen LogP contribution in [-0.2, 0) is 11.3 Å². The highest BCUT2D eigenvalue weighted by molar-refractivity contribution is 5.92. The fourth-order valence-corrected chi connectivity index (χ4v) is 3.93. The number of hydrogen-bond donors (Lipinski definition) is 1. The zero-order valence-electron chi connectivity index (χ0n) is 18.2. The van der Waals surface area contributed by atoms with Gasteiger partial charge in [-0.1, -0.05) is 42.5 Å². The number of nitrogens with zero attached hydrogens (tertiary/aromatic N) is 3. The second-order valence-corrected chi connectivity index (χ2v) is 7.81. The highest BCUT2D eigenvalue weighted by Gasteiger charge is 2.22. The second-order valence-electron chi connectivity index (χ2n) is 7.81. The first-order valence-corrected chi connectivity index (χ1v) is 10.6. The monoisotopic (exact) mass is 458 g/mol. The van der Waals surface area contributed by atoms with Crippen LogP contribution in [0.4, 0.5) is 14.5 Å². The van der Waals surface area contributed by atoms with Crippen molar-refractivity contribution in [2.75, 3.05) is 5.32 Å². The van der Waals surface area contributed by atoms with E-state index >= 15 is 0 Å². The molecular formula is C26H20F2N4O2. The molecule has 0 bridgehead atoms. The molecule has 34 heavy (non-hydrogen) atoms. The summed E-state index contributed by atoms with van der Waals surface area (Å²) in [7, 11) is 0. The highest BCUT2D eigenvalue weighted by Crippen LogP contribution is 2.33. The minimum Gasteiger partial charge on any atom is -0.463 e. The van der Waals surface area contributed by atoms with E-state index in [0.717, 1.165) is 11.1 Å². The Morgan fingerprint density at radius 1 is 1.03 bits per heavy atom. The van der Waals surface area contributed by atoms with Crippen molar-refractivity contribution in [2.24, 2.45) is 0 Å². The second kappa shape index (κ2) is 8.90. The van der Waals surface area contributed by atoms with E-state index in [1.165, 1.54) is 17.0 Å². The van der Waals surface area contributed by atoms with Gasteiger partial charge < -0.3 is 9.73 Å². The Kier molecular flexibility index (Phi) is 5.63. The summed E-state index contributed by atoms with van der Waals surface area (Å²) in [6.45, 7) is 1.45. The maximum absolute atomic E-state index is 13.8. The van der Waals surface area contributed by atoms with Gasteiger partial charge in [0.05, 0.1) is 17.3 Å². The van der Waals surface area contributed by atoms with E-state index in [1.54, 1.807) is 19.1 Å². The molecule has 0 atom stereocenters. The number of pyridine rings is 1. The van der Waals surface area contributed by atoms with Gasteiger partial charge in [0.15, 0.2) is 11.4 Å². The van der Waals surface area contributed by atoms with Crippen LogP contribution in [0.2, 0.25) is 0 Å². The predicted octanol–water partition coefficient (Wildman–Crippen LogP) is 6.24. The lowest BCUT2D eigenvalue weighted by Gasteiger charge is -2.09. The average molecular weight is 458 g/mol. The summed E-state index contributed by atoms with van der Waals surface area (Å²) in [5.41, 5.74) is 3.37. The van der Waals surface area contributed by atoms with Gasteiger partial charge in [-0.25, -0.2) is 18.4 Å². The first-order chi connectivity index (χ1) is 16.5. The molecule has 0 aliphatic carbocycles. The van der Waals surface area contributed by atoms with Gasteiger partial charge in [-0.15, -0.1) is 0 Å². The Hall–Kier alpha value is -4.33. The van der Waals surface area contributed by atoms with E-state index in [0.29, 0.717) is 17.1 Å². The van der Waals surface area contributed by atoms with Crippen LogP contribution in [0.1, 0.15) is 17.7 Å². The summed E-state index contributed by atoms with van der Waals surface area (Å²) in [6.07, 6.45) is -1.28. The van der Waals surface area contributed by atoms with Crippen LogP contribution in [0, 0.1) is 6.92 Å². The number of carbonyl (C=O) groups excluding carboxylic acids is 1. The van der Waals surface area contributed by atoms with E-state index in [-0.39, 0.29) is 34.7 Å². The molecule has 2 aromatic carbocycles. The molecule has 0 aliphatic heterocycles. The van der Waals surface area contributed by atoms with Gasteiger partial charge >= 0.3 is 0 Å². The molecule has 3 aromatic heterocycles. The zero-order chi connectivity index (χ0) is 23.7. The number of nitrogens with one attached hydrogen (secondary N) is 1.